The fourth-order valence-corrected chi connectivity index (χ4v) is 1.71. The van der Waals surface area contributed by atoms with Crippen LogP contribution in [0.1, 0.15) is 25.2 Å². The van der Waals surface area contributed by atoms with Crippen molar-refractivity contribution in [1.82, 2.24) is 9.78 Å². The van der Waals surface area contributed by atoms with E-state index >= 15 is 0 Å². The van der Waals surface area contributed by atoms with Gasteiger partial charge < -0.3 is 5.73 Å². The summed E-state index contributed by atoms with van der Waals surface area (Å²) in [5, 5.41) is 4.86. The summed E-state index contributed by atoms with van der Waals surface area (Å²) in [6, 6.07) is 0. The van der Waals surface area contributed by atoms with Crippen molar-refractivity contribution in [3.63, 3.8) is 0 Å². The third-order valence-electron chi connectivity index (χ3n) is 2.70. The summed E-state index contributed by atoms with van der Waals surface area (Å²) in [6.07, 6.45) is 0.311. The monoisotopic (exact) mass is 243 g/mol. The average Bonchev–Trinajstić information content (AvgIpc) is 2.55. The third-order valence-corrected chi connectivity index (χ3v) is 3.19. The van der Waals surface area contributed by atoms with Crippen molar-refractivity contribution in [3.05, 3.63) is 16.4 Å². The summed E-state index contributed by atoms with van der Waals surface area (Å²) in [6.45, 7) is 6.73. The molecule has 0 radical (unpaired) electrons. The highest BCUT2D eigenvalue weighted by atomic mass is 35.5. The molecule has 0 aliphatic carbocycles. The van der Waals surface area contributed by atoms with Crippen LogP contribution < -0.4 is 5.73 Å². The van der Waals surface area contributed by atoms with Crippen molar-refractivity contribution in [1.29, 1.82) is 0 Å². The van der Waals surface area contributed by atoms with E-state index in [-0.39, 0.29) is 11.7 Å². The lowest BCUT2D eigenvalue weighted by molar-refractivity contribution is -0.121. The van der Waals surface area contributed by atoms with Gasteiger partial charge in [0.1, 0.15) is 5.78 Å². The summed E-state index contributed by atoms with van der Waals surface area (Å²) in [5.74, 6) is -0.0180. The summed E-state index contributed by atoms with van der Waals surface area (Å²) in [7, 11) is 0. The van der Waals surface area contributed by atoms with E-state index in [0.717, 1.165) is 11.4 Å². The summed E-state index contributed by atoms with van der Waals surface area (Å²) in [5.41, 5.74) is 7.03. The fraction of sp³-hybridized carbons (Fsp3) is 0.636. The van der Waals surface area contributed by atoms with Gasteiger partial charge in [-0.25, -0.2) is 0 Å². The Bertz CT molecular complexity index is 387. The van der Waals surface area contributed by atoms with Crippen molar-refractivity contribution >= 4 is 17.4 Å². The molecule has 0 bridgehead atoms. The molecule has 1 aromatic rings. The van der Waals surface area contributed by atoms with E-state index in [1.807, 2.05) is 20.8 Å². The first-order valence-corrected chi connectivity index (χ1v) is 5.83. The number of hydrogen-bond acceptors (Lipinski definition) is 3. The molecule has 4 nitrogen and oxygen atoms in total. The van der Waals surface area contributed by atoms with Crippen LogP contribution in [0.2, 0.25) is 5.02 Å². The molecule has 1 heterocycles. The third kappa shape index (κ3) is 2.62. The maximum atomic E-state index is 11.8. The lowest BCUT2D eigenvalue weighted by Gasteiger charge is -2.08. The van der Waals surface area contributed by atoms with Crippen molar-refractivity contribution in [3.8, 4) is 0 Å². The Hall–Kier alpha value is -0.870. The highest BCUT2D eigenvalue weighted by molar-refractivity contribution is 6.32. The van der Waals surface area contributed by atoms with Gasteiger partial charge >= 0.3 is 0 Å². The molecule has 0 saturated heterocycles. The molecule has 0 saturated carbocycles. The molecule has 0 spiro atoms. The van der Waals surface area contributed by atoms with Gasteiger partial charge in [-0.2, -0.15) is 5.10 Å². The van der Waals surface area contributed by atoms with Crippen molar-refractivity contribution in [2.75, 3.05) is 6.54 Å². The molecule has 1 unspecified atom stereocenters. The number of rotatable bonds is 5. The molecule has 16 heavy (non-hydrogen) atoms. The summed E-state index contributed by atoms with van der Waals surface area (Å²) < 4.78 is 1.78. The second kappa shape index (κ2) is 5.46. The van der Waals surface area contributed by atoms with Gasteiger partial charge in [-0.1, -0.05) is 18.5 Å². The number of nitrogens with two attached hydrogens (primary N) is 1. The minimum Gasteiger partial charge on any atom is -0.330 e. The molecule has 5 heteroatoms. The van der Waals surface area contributed by atoms with Gasteiger partial charge in [-0.05, 0) is 13.8 Å². The standard InChI is InChI=1S/C11H18ClN3O/c1-4-15-9(11(12)8(3)14-15)5-10(16)7(2)6-13/h7H,4-6,13H2,1-3H3. The second-order valence-corrected chi connectivity index (χ2v) is 4.32. The minimum absolute atomic E-state index is 0.110. The zero-order chi connectivity index (χ0) is 12.3. The normalized spacial score (nSPS) is 12.8. The molecule has 0 amide bonds. The van der Waals surface area contributed by atoms with Gasteiger partial charge in [0.25, 0.3) is 0 Å². The van der Waals surface area contributed by atoms with Gasteiger partial charge in [-0.15, -0.1) is 0 Å². The first-order chi connectivity index (χ1) is 7.51. The van der Waals surface area contributed by atoms with Gasteiger partial charge in [0, 0.05) is 19.0 Å². The molecular formula is C11H18ClN3O. The molecule has 2 N–H and O–H groups in total. The number of ketones is 1. The minimum atomic E-state index is -0.128. The van der Waals surface area contributed by atoms with E-state index in [0.29, 0.717) is 24.5 Å². The first-order valence-electron chi connectivity index (χ1n) is 5.45. The Morgan fingerprint density at radius 3 is 2.75 bits per heavy atom. The predicted octanol–water partition coefficient (Wildman–Crippen LogP) is 1.57. The highest BCUT2D eigenvalue weighted by Gasteiger charge is 2.18. The van der Waals surface area contributed by atoms with Crippen LogP contribution in [0.5, 0.6) is 0 Å². The van der Waals surface area contributed by atoms with Crippen molar-refractivity contribution in [2.45, 2.75) is 33.7 Å². The zero-order valence-electron chi connectivity index (χ0n) is 9.96. The molecule has 0 aromatic carbocycles. The summed E-state index contributed by atoms with van der Waals surface area (Å²) in [4.78, 5) is 11.8. The van der Waals surface area contributed by atoms with Gasteiger partial charge in [-0.3, -0.25) is 9.48 Å². The van der Waals surface area contributed by atoms with Crippen LogP contribution in [0, 0.1) is 12.8 Å². The molecule has 1 aromatic heterocycles. The number of nitrogens with zero attached hydrogens (tertiary/aromatic N) is 2. The Balaban J connectivity index is 2.92. The van der Waals surface area contributed by atoms with E-state index in [1.165, 1.54) is 0 Å². The summed E-state index contributed by atoms with van der Waals surface area (Å²) >= 11 is 6.12. The highest BCUT2D eigenvalue weighted by Crippen LogP contribution is 2.21. The maximum Gasteiger partial charge on any atom is 0.142 e. The number of carbonyl (C=O) groups excluding carboxylic acids is 1. The van der Waals surface area contributed by atoms with E-state index in [4.69, 9.17) is 17.3 Å². The quantitative estimate of drug-likeness (QED) is 0.854. The van der Waals surface area contributed by atoms with Crippen LogP contribution in [0.4, 0.5) is 0 Å². The first kappa shape index (κ1) is 13.2. The molecule has 1 atom stereocenters. The Morgan fingerprint density at radius 1 is 1.62 bits per heavy atom. The topological polar surface area (TPSA) is 60.9 Å². The van der Waals surface area contributed by atoms with Crippen LogP contribution in [0.15, 0.2) is 0 Å². The van der Waals surface area contributed by atoms with E-state index in [1.54, 1.807) is 4.68 Å². The lowest BCUT2D eigenvalue weighted by atomic mass is 10.0. The van der Waals surface area contributed by atoms with Crippen LogP contribution in [0.25, 0.3) is 0 Å². The van der Waals surface area contributed by atoms with Crippen LogP contribution >= 0.6 is 11.6 Å². The SMILES string of the molecule is CCn1nc(C)c(Cl)c1CC(=O)C(C)CN. The predicted molar refractivity (Wildman–Crippen MR) is 64.6 cm³/mol. The van der Waals surface area contributed by atoms with Crippen LogP contribution in [0.3, 0.4) is 0 Å². The number of Topliss-reactive ketones (excluding diaryl/α,β-unsaturated/α-hetero) is 1. The Kier molecular flexibility index (Phi) is 4.50. The largest absolute Gasteiger partial charge is 0.330 e. The number of hydrogen-bond donors (Lipinski definition) is 1. The van der Waals surface area contributed by atoms with Crippen molar-refractivity contribution < 1.29 is 4.79 Å². The van der Waals surface area contributed by atoms with E-state index in [2.05, 4.69) is 5.10 Å². The molecular weight excluding hydrogens is 226 g/mol. The van der Waals surface area contributed by atoms with E-state index < -0.39 is 0 Å². The van der Waals surface area contributed by atoms with E-state index in [9.17, 15) is 4.79 Å². The van der Waals surface area contributed by atoms with Crippen LogP contribution in [-0.4, -0.2) is 22.1 Å². The number of aromatic nitrogens is 2. The zero-order valence-corrected chi connectivity index (χ0v) is 10.7. The van der Waals surface area contributed by atoms with Crippen molar-refractivity contribution in [2.24, 2.45) is 11.7 Å². The average molecular weight is 244 g/mol. The molecule has 0 aliphatic rings. The number of carbonyl (C=O) groups is 1. The Labute approximate surface area is 101 Å². The molecule has 1 rings (SSSR count). The maximum absolute atomic E-state index is 11.8. The van der Waals surface area contributed by atoms with Gasteiger partial charge in [0.2, 0.25) is 0 Å². The Morgan fingerprint density at radius 2 is 2.25 bits per heavy atom. The second-order valence-electron chi connectivity index (χ2n) is 3.94. The fourth-order valence-electron chi connectivity index (χ4n) is 1.51. The number of halogens is 1. The van der Waals surface area contributed by atoms with Crippen LogP contribution in [-0.2, 0) is 17.8 Å². The molecule has 0 fully saturated rings. The smallest absolute Gasteiger partial charge is 0.142 e. The van der Waals surface area contributed by atoms with Gasteiger partial charge in [0.05, 0.1) is 22.8 Å². The lowest BCUT2D eigenvalue weighted by Crippen LogP contribution is -2.23. The molecule has 0 aliphatic heterocycles. The van der Waals surface area contributed by atoms with Gasteiger partial charge in [0.15, 0.2) is 0 Å². The molecule has 90 valence electrons. The number of aryl methyl sites for hydroxylation is 2.